The minimum atomic E-state index is -0.349. The van der Waals surface area contributed by atoms with E-state index in [0.29, 0.717) is 71.8 Å². The van der Waals surface area contributed by atoms with Gasteiger partial charge in [-0.15, -0.1) is 0 Å². The molecule has 2 fully saturated rings. The Bertz CT molecular complexity index is 1110. The number of pyridine rings is 1. The second kappa shape index (κ2) is 10.5. The quantitative estimate of drug-likeness (QED) is 0.343. The Labute approximate surface area is 203 Å². The third-order valence-corrected chi connectivity index (χ3v) is 7.42. The summed E-state index contributed by atoms with van der Waals surface area (Å²) in [5.74, 6) is 0.130. The molecule has 176 valence electrons. The third kappa shape index (κ3) is 4.70. The van der Waals surface area contributed by atoms with Crippen LogP contribution in [0.4, 0.5) is 5.82 Å². The number of thioether (sulfide) groups is 1. The number of likely N-dealkylation sites (N-methyl/N-ethyl adjacent to an activating group) is 1. The topological polar surface area (TPSA) is 95.6 Å². The van der Waals surface area contributed by atoms with Crippen LogP contribution in [0, 0.1) is 24.2 Å². The van der Waals surface area contributed by atoms with Gasteiger partial charge >= 0.3 is 5.97 Å². The van der Waals surface area contributed by atoms with Crippen LogP contribution in [0.1, 0.15) is 50.3 Å². The minimum Gasteiger partial charge on any atom is -0.466 e. The number of ether oxygens (including phenoxy) is 1. The molecule has 0 spiro atoms. The summed E-state index contributed by atoms with van der Waals surface area (Å²) < 4.78 is 7.25. The number of nitriles is 1. The second-order valence-corrected chi connectivity index (χ2v) is 9.51. The van der Waals surface area contributed by atoms with Gasteiger partial charge in [-0.2, -0.15) is 5.26 Å². The van der Waals surface area contributed by atoms with E-state index >= 15 is 0 Å². The van der Waals surface area contributed by atoms with Gasteiger partial charge in [0.2, 0.25) is 0 Å². The number of rotatable bonds is 6. The van der Waals surface area contributed by atoms with E-state index in [1.54, 1.807) is 24.5 Å². The molecule has 8 nitrogen and oxygen atoms in total. The van der Waals surface area contributed by atoms with Crippen molar-refractivity contribution in [2.24, 2.45) is 5.92 Å². The number of esters is 1. The lowest BCUT2D eigenvalue weighted by molar-refractivity contribution is -0.148. The largest absolute Gasteiger partial charge is 0.466 e. The van der Waals surface area contributed by atoms with Crippen LogP contribution in [0.2, 0.25) is 0 Å². The molecule has 2 aliphatic heterocycles. The van der Waals surface area contributed by atoms with E-state index in [2.05, 4.69) is 4.90 Å². The standard InChI is InChI=1S/C23H28N4O4S2/c1-5-26-19(25-10-8-15(9-11-25)22(30)31-7-3)16(14(4)17(13-24)20(26)28)12-18-21(29)27(6-2)23(32)33-18/h12,15H,5-11H2,1-4H3. The highest BCUT2D eigenvalue weighted by Crippen LogP contribution is 2.36. The first-order chi connectivity index (χ1) is 15.8. The van der Waals surface area contributed by atoms with Crippen LogP contribution < -0.4 is 10.5 Å². The number of nitrogens with zero attached hydrogens (tertiary/aromatic N) is 4. The lowest BCUT2D eigenvalue weighted by Crippen LogP contribution is -2.41. The first-order valence-electron chi connectivity index (χ1n) is 11.1. The Balaban J connectivity index is 2.10. The zero-order chi connectivity index (χ0) is 24.3. The molecule has 0 aromatic carbocycles. The van der Waals surface area contributed by atoms with E-state index in [4.69, 9.17) is 17.0 Å². The van der Waals surface area contributed by atoms with Crippen LogP contribution in [0.25, 0.3) is 6.08 Å². The summed E-state index contributed by atoms with van der Waals surface area (Å²) in [5, 5.41) is 9.68. The molecular formula is C23H28N4O4S2. The fourth-order valence-corrected chi connectivity index (χ4v) is 5.64. The summed E-state index contributed by atoms with van der Waals surface area (Å²) in [6, 6.07) is 2.04. The number of carbonyl (C=O) groups is 2. The van der Waals surface area contributed by atoms with E-state index in [9.17, 15) is 19.6 Å². The van der Waals surface area contributed by atoms with Crippen LogP contribution in [-0.4, -0.2) is 51.9 Å². The maximum Gasteiger partial charge on any atom is 0.309 e. The predicted octanol–water partition coefficient (Wildman–Crippen LogP) is 3.05. The van der Waals surface area contributed by atoms with Crippen LogP contribution in [-0.2, 0) is 20.9 Å². The number of amides is 1. The van der Waals surface area contributed by atoms with Gasteiger partial charge in [0.15, 0.2) is 0 Å². The zero-order valence-corrected chi connectivity index (χ0v) is 21.0. The number of thiocarbonyl (C=S) groups is 1. The van der Waals surface area contributed by atoms with Gasteiger partial charge in [0, 0.05) is 31.7 Å². The van der Waals surface area contributed by atoms with Crippen molar-refractivity contribution in [3.05, 3.63) is 31.9 Å². The molecule has 1 aromatic rings. The SMILES string of the molecule is CCOC(=O)C1CCN(c2c(C=C3SC(=S)N(CC)C3=O)c(C)c(C#N)c(=O)n2CC)CC1. The number of piperidine rings is 1. The highest BCUT2D eigenvalue weighted by Gasteiger charge is 2.33. The molecule has 2 saturated heterocycles. The van der Waals surface area contributed by atoms with E-state index in [-0.39, 0.29) is 28.9 Å². The van der Waals surface area contributed by atoms with Gasteiger partial charge in [-0.05, 0) is 52.2 Å². The first-order valence-corrected chi connectivity index (χ1v) is 12.4. The highest BCUT2D eigenvalue weighted by atomic mass is 32.2. The van der Waals surface area contributed by atoms with Gasteiger partial charge < -0.3 is 9.64 Å². The monoisotopic (exact) mass is 488 g/mol. The molecule has 0 bridgehead atoms. The van der Waals surface area contributed by atoms with E-state index in [0.717, 1.165) is 0 Å². The minimum absolute atomic E-state index is 0.0687. The molecule has 10 heteroatoms. The summed E-state index contributed by atoms with van der Waals surface area (Å²) in [4.78, 5) is 42.2. The molecule has 0 radical (unpaired) electrons. The molecule has 1 amide bonds. The highest BCUT2D eigenvalue weighted by molar-refractivity contribution is 8.26. The number of anilines is 1. The normalized spacial score (nSPS) is 18.2. The Morgan fingerprint density at radius 3 is 2.42 bits per heavy atom. The average Bonchev–Trinajstić information content (AvgIpc) is 3.08. The average molecular weight is 489 g/mol. The van der Waals surface area contributed by atoms with Crippen molar-refractivity contribution >= 4 is 52.1 Å². The van der Waals surface area contributed by atoms with E-state index in [1.165, 1.54) is 16.7 Å². The first kappa shape index (κ1) is 25.0. The molecule has 0 N–H and O–H groups in total. The van der Waals surface area contributed by atoms with E-state index in [1.807, 2.05) is 19.9 Å². The molecular weight excluding hydrogens is 460 g/mol. The lowest BCUT2D eigenvalue weighted by Gasteiger charge is -2.35. The molecule has 0 atom stereocenters. The van der Waals surface area contributed by atoms with Gasteiger partial charge in [0.05, 0.1) is 17.4 Å². The van der Waals surface area contributed by atoms with Crippen molar-refractivity contribution in [3.63, 3.8) is 0 Å². The van der Waals surface area contributed by atoms with Crippen molar-refractivity contribution < 1.29 is 14.3 Å². The Morgan fingerprint density at radius 1 is 1.24 bits per heavy atom. The third-order valence-electron chi connectivity index (χ3n) is 6.04. The fraction of sp³-hybridized carbons (Fsp3) is 0.522. The molecule has 0 saturated carbocycles. The number of aromatic nitrogens is 1. The Kier molecular flexibility index (Phi) is 7.97. The number of carbonyl (C=O) groups excluding carboxylic acids is 2. The molecule has 0 unspecified atom stereocenters. The van der Waals surface area contributed by atoms with Gasteiger partial charge in [0.25, 0.3) is 11.5 Å². The van der Waals surface area contributed by atoms with Gasteiger partial charge in [-0.3, -0.25) is 23.9 Å². The molecule has 3 heterocycles. The second-order valence-electron chi connectivity index (χ2n) is 7.84. The van der Waals surface area contributed by atoms with Crippen molar-refractivity contribution in [1.29, 1.82) is 5.26 Å². The Morgan fingerprint density at radius 2 is 1.91 bits per heavy atom. The molecule has 1 aromatic heterocycles. The van der Waals surface area contributed by atoms with Gasteiger partial charge in [-0.25, -0.2) is 0 Å². The summed E-state index contributed by atoms with van der Waals surface area (Å²) >= 11 is 6.57. The molecule has 3 rings (SSSR count). The van der Waals surface area contributed by atoms with Crippen molar-refractivity contribution in [1.82, 2.24) is 9.47 Å². The number of hydrogen-bond donors (Lipinski definition) is 0. The van der Waals surface area contributed by atoms with Crippen molar-refractivity contribution in [3.8, 4) is 6.07 Å². The Hall–Kier alpha value is -2.64. The van der Waals surface area contributed by atoms with Crippen LogP contribution in [0.15, 0.2) is 9.70 Å². The van der Waals surface area contributed by atoms with Gasteiger partial charge in [0.1, 0.15) is 21.8 Å². The van der Waals surface area contributed by atoms with E-state index < -0.39 is 0 Å². The van der Waals surface area contributed by atoms with Crippen molar-refractivity contribution in [2.45, 2.75) is 47.1 Å². The zero-order valence-electron chi connectivity index (χ0n) is 19.3. The molecule has 0 aliphatic carbocycles. The van der Waals surface area contributed by atoms with Gasteiger partial charge in [-0.1, -0.05) is 24.0 Å². The molecule has 33 heavy (non-hydrogen) atoms. The summed E-state index contributed by atoms with van der Waals surface area (Å²) in [6.07, 6.45) is 2.96. The van der Waals surface area contributed by atoms with Crippen LogP contribution >= 0.6 is 24.0 Å². The summed E-state index contributed by atoms with van der Waals surface area (Å²) in [7, 11) is 0. The molecule has 2 aliphatic rings. The predicted molar refractivity (Wildman–Crippen MR) is 133 cm³/mol. The maximum absolute atomic E-state index is 13.1. The van der Waals surface area contributed by atoms with Crippen LogP contribution in [0.3, 0.4) is 0 Å². The summed E-state index contributed by atoms with van der Waals surface area (Å²) in [5.41, 5.74) is 0.924. The smallest absolute Gasteiger partial charge is 0.309 e. The summed E-state index contributed by atoms with van der Waals surface area (Å²) in [6.45, 7) is 9.57. The number of hydrogen-bond acceptors (Lipinski definition) is 8. The van der Waals surface area contributed by atoms with Crippen molar-refractivity contribution in [2.75, 3.05) is 31.1 Å². The van der Waals surface area contributed by atoms with Crippen LogP contribution in [0.5, 0.6) is 0 Å². The fourth-order valence-electron chi connectivity index (χ4n) is 4.27. The lowest BCUT2D eigenvalue weighted by atomic mass is 9.95. The maximum atomic E-state index is 13.1.